The smallest absolute Gasteiger partial charge is 0.270 e. The van der Waals surface area contributed by atoms with E-state index in [-0.39, 0.29) is 16.8 Å². The van der Waals surface area contributed by atoms with Crippen molar-refractivity contribution in [3.63, 3.8) is 0 Å². The summed E-state index contributed by atoms with van der Waals surface area (Å²) in [5.74, 6) is -1.36. The second kappa shape index (κ2) is 5.77. The molecule has 0 atom stereocenters. The van der Waals surface area contributed by atoms with Crippen molar-refractivity contribution in [3.05, 3.63) is 39.2 Å². The summed E-state index contributed by atoms with van der Waals surface area (Å²) < 4.78 is 19.3. The van der Waals surface area contributed by atoms with Gasteiger partial charge in [0.2, 0.25) is 0 Å². The van der Waals surface area contributed by atoms with E-state index in [4.69, 9.17) is 4.74 Å². The van der Waals surface area contributed by atoms with Crippen LogP contribution in [0.1, 0.15) is 35.7 Å². The first-order chi connectivity index (χ1) is 9.82. The number of hydrogen-bond donors (Lipinski definition) is 1. The van der Waals surface area contributed by atoms with Crippen LogP contribution in [0.2, 0.25) is 0 Å². The molecule has 6 nitrogen and oxygen atoms in total. The summed E-state index contributed by atoms with van der Waals surface area (Å²) in [5, 5.41) is 13.6. The Balaban J connectivity index is 2.28. The summed E-state index contributed by atoms with van der Waals surface area (Å²) >= 11 is 0. The van der Waals surface area contributed by atoms with Gasteiger partial charge < -0.3 is 10.1 Å². The number of nitrogens with zero attached hydrogens (tertiary/aromatic N) is 1. The molecule has 1 amide bonds. The topological polar surface area (TPSA) is 81.5 Å². The maximum atomic E-state index is 14.1. The first kappa shape index (κ1) is 15.4. The number of carbonyl (C=O) groups is 1. The lowest BCUT2D eigenvalue weighted by Gasteiger charge is -2.34. The van der Waals surface area contributed by atoms with Gasteiger partial charge in [0, 0.05) is 30.9 Å². The Morgan fingerprint density at radius 1 is 1.43 bits per heavy atom. The van der Waals surface area contributed by atoms with Gasteiger partial charge in [-0.2, -0.15) is 0 Å². The zero-order valence-electron chi connectivity index (χ0n) is 11.9. The molecule has 1 aliphatic heterocycles. The van der Waals surface area contributed by atoms with Gasteiger partial charge in [0.25, 0.3) is 11.6 Å². The molecule has 1 heterocycles. The third-order valence-electron chi connectivity index (χ3n) is 3.71. The molecule has 0 aliphatic carbocycles. The van der Waals surface area contributed by atoms with E-state index < -0.39 is 22.2 Å². The fourth-order valence-electron chi connectivity index (χ4n) is 2.31. The second-order valence-corrected chi connectivity index (χ2v) is 5.51. The van der Waals surface area contributed by atoms with Gasteiger partial charge in [-0.25, -0.2) is 4.39 Å². The van der Waals surface area contributed by atoms with Crippen molar-refractivity contribution in [1.29, 1.82) is 0 Å². The Morgan fingerprint density at radius 2 is 2.05 bits per heavy atom. The quantitative estimate of drug-likeness (QED) is 0.685. The van der Waals surface area contributed by atoms with Crippen LogP contribution in [-0.2, 0) is 4.74 Å². The maximum absolute atomic E-state index is 14.1. The first-order valence-corrected chi connectivity index (χ1v) is 6.67. The van der Waals surface area contributed by atoms with Gasteiger partial charge in [0.15, 0.2) is 0 Å². The molecule has 0 aromatic heterocycles. The summed E-state index contributed by atoms with van der Waals surface area (Å²) in [7, 11) is 0. The van der Waals surface area contributed by atoms with Crippen LogP contribution in [0.15, 0.2) is 12.1 Å². The van der Waals surface area contributed by atoms with Crippen molar-refractivity contribution in [2.24, 2.45) is 0 Å². The zero-order valence-corrected chi connectivity index (χ0v) is 11.9. The van der Waals surface area contributed by atoms with Crippen LogP contribution in [0.4, 0.5) is 10.1 Å². The SMILES string of the molecule is Cc1cc([N+](=O)[O-])cc(C(=O)NC2(C)CCOCC2)c1F. The molecule has 114 valence electrons. The highest BCUT2D eigenvalue weighted by Crippen LogP contribution is 2.24. The standard InChI is InChI=1S/C14H17FN2O4/c1-9-7-10(17(19)20)8-11(12(9)15)13(18)16-14(2)3-5-21-6-4-14/h7-8H,3-6H2,1-2H3,(H,16,18). The van der Waals surface area contributed by atoms with Gasteiger partial charge in [-0.15, -0.1) is 0 Å². The Morgan fingerprint density at radius 3 is 2.62 bits per heavy atom. The van der Waals surface area contributed by atoms with Crippen LogP contribution in [0.3, 0.4) is 0 Å². The minimum absolute atomic E-state index is 0.0754. The predicted molar refractivity (Wildman–Crippen MR) is 73.7 cm³/mol. The summed E-state index contributed by atoms with van der Waals surface area (Å²) in [6.45, 7) is 4.30. The molecule has 1 fully saturated rings. The van der Waals surface area contributed by atoms with Crippen molar-refractivity contribution >= 4 is 11.6 Å². The van der Waals surface area contributed by atoms with Crippen molar-refractivity contribution in [2.45, 2.75) is 32.2 Å². The maximum Gasteiger partial charge on any atom is 0.270 e. The van der Waals surface area contributed by atoms with Crippen LogP contribution in [-0.4, -0.2) is 29.6 Å². The lowest BCUT2D eigenvalue weighted by Crippen LogP contribution is -2.49. The van der Waals surface area contributed by atoms with Crippen LogP contribution >= 0.6 is 0 Å². The molecule has 0 radical (unpaired) electrons. The molecule has 0 bridgehead atoms. The molecule has 0 unspecified atom stereocenters. The van der Waals surface area contributed by atoms with Gasteiger partial charge in [0.1, 0.15) is 5.82 Å². The Kier molecular flexibility index (Phi) is 4.22. The average molecular weight is 296 g/mol. The Hall–Kier alpha value is -2.02. The number of benzene rings is 1. The molecule has 7 heteroatoms. The van der Waals surface area contributed by atoms with E-state index in [1.165, 1.54) is 6.92 Å². The van der Waals surface area contributed by atoms with Crippen molar-refractivity contribution in [1.82, 2.24) is 5.32 Å². The van der Waals surface area contributed by atoms with Crippen LogP contribution in [0.5, 0.6) is 0 Å². The van der Waals surface area contributed by atoms with Crippen LogP contribution in [0, 0.1) is 22.9 Å². The van der Waals surface area contributed by atoms with Gasteiger partial charge in [0.05, 0.1) is 10.5 Å². The summed E-state index contributed by atoms with van der Waals surface area (Å²) in [5.41, 5.74) is -1.00. The highest BCUT2D eigenvalue weighted by Gasteiger charge is 2.31. The molecule has 1 aromatic carbocycles. The monoisotopic (exact) mass is 296 g/mol. The number of nitro groups is 1. The number of ether oxygens (including phenoxy) is 1. The number of carbonyl (C=O) groups excluding carboxylic acids is 1. The van der Waals surface area contributed by atoms with Crippen LogP contribution < -0.4 is 5.32 Å². The molecule has 1 aliphatic rings. The highest BCUT2D eigenvalue weighted by molar-refractivity contribution is 5.95. The number of aryl methyl sites for hydroxylation is 1. The van der Waals surface area contributed by atoms with Crippen molar-refractivity contribution < 1.29 is 18.8 Å². The number of amides is 1. The molecular formula is C14H17FN2O4. The fraction of sp³-hybridized carbons (Fsp3) is 0.500. The van der Waals surface area contributed by atoms with Crippen molar-refractivity contribution in [3.8, 4) is 0 Å². The Labute approximate surface area is 121 Å². The molecule has 0 spiro atoms. The average Bonchev–Trinajstić information content (AvgIpc) is 2.41. The molecular weight excluding hydrogens is 279 g/mol. The lowest BCUT2D eigenvalue weighted by atomic mass is 9.92. The largest absolute Gasteiger partial charge is 0.381 e. The molecule has 21 heavy (non-hydrogen) atoms. The van der Waals surface area contributed by atoms with E-state index >= 15 is 0 Å². The number of non-ortho nitro benzene ring substituents is 1. The van der Waals surface area contributed by atoms with Crippen LogP contribution in [0.25, 0.3) is 0 Å². The van der Waals surface area contributed by atoms with E-state index in [9.17, 15) is 19.3 Å². The predicted octanol–water partition coefficient (Wildman–Crippen LogP) is 2.34. The van der Waals surface area contributed by atoms with Crippen molar-refractivity contribution in [2.75, 3.05) is 13.2 Å². The number of halogens is 1. The fourth-order valence-corrected chi connectivity index (χ4v) is 2.31. The van der Waals surface area contributed by atoms with Gasteiger partial charge in [-0.1, -0.05) is 0 Å². The number of nitrogens with one attached hydrogen (secondary N) is 1. The minimum Gasteiger partial charge on any atom is -0.381 e. The molecule has 1 N–H and O–H groups in total. The number of rotatable bonds is 3. The second-order valence-electron chi connectivity index (χ2n) is 5.51. The molecule has 0 saturated carbocycles. The first-order valence-electron chi connectivity index (χ1n) is 6.67. The summed E-state index contributed by atoms with van der Waals surface area (Å²) in [6, 6.07) is 2.09. The number of hydrogen-bond acceptors (Lipinski definition) is 4. The van der Waals surface area contributed by atoms with Gasteiger partial charge in [-0.05, 0) is 32.3 Å². The molecule has 1 aromatic rings. The lowest BCUT2D eigenvalue weighted by molar-refractivity contribution is -0.385. The van der Waals surface area contributed by atoms with Gasteiger partial charge in [-0.3, -0.25) is 14.9 Å². The zero-order chi connectivity index (χ0) is 15.6. The van der Waals surface area contributed by atoms with E-state index in [0.29, 0.717) is 26.1 Å². The third kappa shape index (κ3) is 3.36. The Bertz CT molecular complexity index is 583. The summed E-state index contributed by atoms with van der Waals surface area (Å²) in [6.07, 6.45) is 1.24. The normalized spacial score (nSPS) is 17.3. The van der Waals surface area contributed by atoms with E-state index in [0.717, 1.165) is 12.1 Å². The molecule has 2 rings (SSSR count). The number of nitro benzene ring substituents is 1. The summed E-state index contributed by atoms with van der Waals surface area (Å²) in [4.78, 5) is 22.4. The van der Waals surface area contributed by atoms with E-state index in [1.54, 1.807) is 0 Å². The van der Waals surface area contributed by atoms with E-state index in [1.807, 2.05) is 6.92 Å². The van der Waals surface area contributed by atoms with Gasteiger partial charge >= 0.3 is 0 Å². The minimum atomic E-state index is -0.728. The van der Waals surface area contributed by atoms with E-state index in [2.05, 4.69) is 5.32 Å². The third-order valence-corrected chi connectivity index (χ3v) is 3.71. The molecule has 1 saturated heterocycles. The highest BCUT2D eigenvalue weighted by atomic mass is 19.1.